The Balaban J connectivity index is 1.34. The third-order valence-electron chi connectivity index (χ3n) is 5.75. The molecule has 0 aliphatic carbocycles. The van der Waals surface area contributed by atoms with Crippen molar-refractivity contribution in [2.45, 2.75) is 52.4 Å². The number of nitrogens with zero attached hydrogens (tertiary/aromatic N) is 1. The highest BCUT2D eigenvalue weighted by Crippen LogP contribution is 2.29. The van der Waals surface area contributed by atoms with Gasteiger partial charge in [0.2, 0.25) is 0 Å². The fourth-order valence-electron chi connectivity index (χ4n) is 3.75. The predicted molar refractivity (Wildman–Crippen MR) is 147 cm³/mol. The molecule has 0 aliphatic heterocycles. The van der Waals surface area contributed by atoms with Crippen LogP contribution in [0.25, 0.3) is 11.3 Å². The molecule has 0 spiro atoms. The number of unbranched alkanes of at least 4 members (excludes halogenated alkanes) is 3. The molecular weight excluding hydrogens is 472 g/mol. The van der Waals surface area contributed by atoms with Gasteiger partial charge in [0.05, 0.1) is 23.9 Å². The standard InChI is InChI=1S/C28H38N4O3S/c1-3-4-17-30-18-16-26-27(31-21(2)36-26)22-8-12-24(13-9-22)34-19-6-5-7-20-35-25-14-10-23(11-15-25)28(29)32-33/h8-15,30,33H,3-7,16-20H2,1-2H3,(H2,29,32). The van der Waals surface area contributed by atoms with Crippen molar-refractivity contribution in [3.05, 3.63) is 64.0 Å². The van der Waals surface area contributed by atoms with E-state index < -0.39 is 0 Å². The maximum absolute atomic E-state index is 8.77. The summed E-state index contributed by atoms with van der Waals surface area (Å²) in [5.41, 5.74) is 4.68. The molecule has 7 nitrogen and oxygen atoms in total. The van der Waals surface area contributed by atoms with Crippen LogP contribution in [0.2, 0.25) is 0 Å². The monoisotopic (exact) mass is 510 g/mol. The Hall–Kier alpha value is -2.94. The Bertz CT molecular complexity index is 1050. The first-order valence-electron chi connectivity index (χ1n) is 12.7. The Morgan fingerprint density at radius 3 is 2.17 bits per heavy atom. The second kappa shape index (κ2) is 15.2. The highest BCUT2D eigenvalue weighted by molar-refractivity contribution is 7.12. The number of aryl methyl sites for hydroxylation is 1. The van der Waals surface area contributed by atoms with Crippen LogP contribution < -0.4 is 20.3 Å². The number of ether oxygens (including phenoxy) is 2. The first kappa shape index (κ1) is 27.6. The number of benzene rings is 2. The molecule has 0 bridgehead atoms. The van der Waals surface area contributed by atoms with E-state index in [0.29, 0.717) is 18.8 Å². The largest absolute Gasteiger partial charge is 0.494 e. The summed E-state index contributed by atoms with van der Waals surface area (Å²) in [4.78, 5) is 6.12. The Morgan fingerprint density at radius 2 is 1.56 bits per heavy atom. The number of aromatic nitrogens is 1. The molecule has 4 N–H and O–H groups in total. The Kier molecular flexibility index (Phi) is 11.7. The van der Waals surface area contributed by atoms with Crippen LogP contribution in [-0.2, 0) is 6.42 Å². The van der Waals surface area contributed by atoms with Crippen molar-refractivity contribution in [1.29, 1.82) is 5.41 Å². The zero-order valence-corrected chi connectivity index (χ0v) is 22.1. The van der Waals surface area contributed by atoms with E-state index in [1.54, 1.807) is 35.6 Å². The lowest BCUT2D eigenvalue weighted by Crippen LogP contribution is -2.18. The van der Waals surface area contributed by atoms with Gasteiger partial charge in [-0.3, -0.25) is 16.1 Å². The number of thiazole rings is 1. The van der Waals surface area contributed by atoms with Crippen molar-refractivity contribution in [1.82, 2.24) is 15.8 Å². The second-order valence-corrected chi connectivity index (χ2v) is 9.94. The second-order valence-electron chi connectivity index (χ2n) is 8.65. The molecule has 8 heteroatoms. The van der Waals surface area contributed by atoms with Crippen molar-refractivity contribution in [3.8, 4) is 22.8 Å². The lowest BCUT2D eigenvalue weighted by Gasteiger charge is -2.09. The maximum atomic E-state index is 8.77. The molecule has 36 heavy (non-hydrogen) atoms. The molecule has 2 aromatic carbocycles. The van der Waals surface area contributed by atoms with Gasteiger partial charge >= 0.3 is 0 Å². The van der Waals surface area contributed by atoms with E-state index in [1.807, 2.05) is 17.6 Å². The van der Waals surface area contributed by atoms with Crippen molar-refractivity contribution in [2.75, 3.05) is 26.3 Å². The number of rotatable bonds is 16. The van der Waals surface area contributed by atoms with E-state index in [2.05, 4.69) is 31.3 Å². The highest BCUT2D eigenvalue weighted by Gasteiger charge is 2.11. The highest BCUT2D eigenvalue weighted by atomic mass is 32.1. The summed E-state index contributed by atoms with van der Waals surface area (Å²) in [5, 5.41) is 20.9. The third-order valence-corrected chi connectivity index (χ3v) is 6.78. The van der Waals surface area contributed by atoms with E-state index in [9.17, 15) is 0 Å². The third kappa shape index (κ3) is 8.93. The summed E-state index contributed by atoms with van der Waals surface area (Å²) in [6.45, 7) is 7.66. The Morgan fingerprint density at radius 1 is 0.917 bits per heavy atom. The molecule has 0 saturated heterocycles. The van der Waals surface area contributed by atoms with Crippen molar-refractivity contribution in [2.24, 2.45) is 0 Å². The first-order valence-corrected chi connectivity index (χ1v) is 13.5. The predicted octanol–water partition coefficient (Wildman–Crippen LogP) is 5.98. The molecule has 194 valence electrons. The number of nitrogens with one attached hydrogen (secondary N) is 3. The van der Waals surface area contributed by atoms with E-state index >= 15 is 0 Å². The van der Waals surface area contributed by atoms with E-state index in [1.165, 1.54) is 17.7 Å². The summed E-state index contributed by atoms with van der Waals surface area (Å²) in [5.74, 6) is 1.60. The van der Waals surface area contributed by atoms with Gasteiger partial charge in [0.15, 0.2) is 0 Å². The minimum absolute atomic E-state index is 0.0371. The van der Waals surface area contributed by atoms with E-state index in [-0.39, 0.29) is 5.84 Å². The normalized spacial score (nSPS) is 10.9. The number of hydrogen-bond donors (Lipinski definition) is 4. The van der Waals surface area contributed by atoms with Crippen LogP contribution in [0.4, 0.5) is 0 Å². The zero-order valence-electron chi connectivity index (χ0n) is 21.3. The molecule has 3 aromatic rings. The van der Waals surface area contributed by atoms with Crippen LogP contribution in [0.1, 0.15) is 54.5 Å². The SMILES string of the molecule is CCCCNCCc1sc(C)nc1-c1ccc(OCCCCCOc2ccc(C(=N)NO)cc2)cc1. The molecule has 0 atom stereocenters. The van der Waals surface area contributed by atoms with Crippen LogP contribution in [0.3, 0.4) is 0 Å². The summed E-state index contributed by atoms with van der Waals surface area (Å²) in [6.07, 6.45) is 6.36. The molecular formula is C28H38N4O3S. The molecule has 0 saturated carbocycles. The topological polar surface area (TPSA) is 99.5 Å². The lowest BCUT2D eigenvalue weighted by molar-refractivity contribution is 0.234. The molecule has 0 unspecified atom stereocenters. The Labute approximate surface area is 218 Å². The van der Waals surface area contributed by atoms with Crippen LogP contribution in [0, 0.1) is 12.3 Å². The quantitative estimate of drug-likeness (QED) is 0.0818. The molecule has 1 heterocycles. The molecule has 3 rings (SSSR count). The van der Waals surface area contributed by atoms with Gasteiger partial charge in [-0.2, -0.15) is 0 Å². The maximum Gasteiger partial charge on any atom is 0.149 e. The number of hydrogen-bond acceptors (Lipinski definition) is 7. The molecule has 1 aromatic heterocycles. The van der Waals surface area contributed by atoms with Crippen LogP contribution >= 0.6 is 11.3 Å². The minimum atomic E-state index is -0.0371. The summed E-state index contributed by atoms with van der Waals surface area (Å²) >= 11 is 1.79. The van der Waals surface area contributed by atoms with E-state index in [4.69, 9.17) is 25.1 Å². The molecule has 0 fully saturated rings. The average molecular weight is 511 g/mol. The van der Waals surface area contributed by atoms with Gasteiger partial charge in [0.1, 0.15) is 17.3 Å². The summed E-state index contributed by atoms with van der Waals surface area (Å²) in [7, 11) is 0. The van der Waals surface area contributed by atoms with Gasteiger partial charge in [0, 0.05) is 22.5 Å². The van der Waals surface area contributed by atoms with E-state index in [0.717, 1.165) is 66.5 Å². The molecule has 0 amide bonds. The molecule has 0 aliphatic rings. The average Bonchev–Trinajstić information content (AvgIpc) is 3.28. The van der Waals surface area contributed by atoms with Crippen LogP contribution in [0.15, 0.2) is 48.5 Å². The zero-order chi connectivity index (χ0) is 25.6. The van der Waals surface area contributed by atoms with Gasteiger partial charge in [0.25, 0.3) is 0 Å². The van der Waals surface area contributed by atoms with Crippen molar-refractivity contribution >= 4 is 17.2 Å². The van der Waals surface area contributed by atoms with Crippen molar-refractivity contribution in [3.63, 3.8) is 0 Å². The smallest absolute Gasteiger partial charge is 0.149 e. The summed E-state index contributed by atoms with van der Waals surface area (Å²) in [6, 6.07) is 15.4. The van der Waals surface area contributed by atoms with Gasteiger partial charge < -0.3 is 14.8 Å². The van der Waals surface area contributed by atoms with Gasteiger partial charge in [-0.1, -0.05) is 13.3 Å². The van der Waals surface area contributed by atoms with Gasteiger partial charge in [-0.05, 0) is 94.1 Å². The number of hydroxylamine groups is 1. The molecule has 0 radical (unpaired) electrons. The fraction of sp³-hybridized carbons (Fsp3) is 0.429. The van der Waals surface area contributed by atoms with Gasteiger partial charge in [-0.25, -0.2) is 4.98 Å². The minimum Gasteiger partial charge on any atom is -0.494 e. The number of amidine groups is 1. The van der Waals surface area contributed by atoms with Crippen molar-refractivity contribution < 1.29 is 14.7 Å². The fourth-order valence-corrected chi connectivity index (χ4v) is 4.70. The summed E-state index contributed by atoms with van der Waals surface area (Å²) < 4.78 is 11.7. The van der Waals surface area contributed by atoms with Crippen LogP contribution in [0.5, 0.6) is 11.5 Å². The van der Waals surface area contributed by atoms with Gasteiger partial charge in [-0.15, -0.1) is 11.3 Å². The first-order chi connectivity index (χ1) is 17.6. The van der Waals surface area contributed by atoms with Crippen LogP contribution in [-0.4, -0.2) is 42.3 Å². The lowest BCUT2D eigenvalue weighted by atomic mass is 10.1.